The standard InChI is InChI=1S/C37H49NO8S/c1-3-4-7-19-29(39)20-21-30-32(40)24-33(34(30)47-22-13-12-14-26(2)35(41)42)46-36(43)31(23-27-15-8-5-9-16-27)38-37(44)45-25-28-17-10-6-11-18-28/h5-6,8-11,15-18,20-21,26,29-32,39-40H,3-4,7,12-14,19,22-25H2,1-2H3,(H,38,44)(H,41,42)/t26?,29-,30-,31-,32+/m0/s1. The molecule has 0 aromatic heterocycles. The number of aliphatic hydroxyl groups is 2. The van der Waals surface area contributed by atoms with E-state index in [9.17, 15) is 29.7 Å². The van der Waals surface area contributed by atoms with Crippen molar-refractivity contribution in [1.82, 2.24) is 5.32 Å². The summed E-state index contributed by atoms with van der Waals surface area (Å²) in [5.74, 6) is -1.43. The maximum absolute atomic E-state index is 13.7. The third kappa shape index (κ3) is 13.6. The summed E-state index contributed by atoms with van der Waals surface area (Å²) >= 11 is 1.46. The van der Waals surface area contributed by atoms with Gasteiger partial charge in [-0.1, -0.05) is 112 Å². The van der Waals surface area contributed by atoms with Gasteiger partial charge in [-0.25, -0.2) is 9.59 Å². The topological polar surface area (TPSA) is 142 Å². The minimum Gasteiger partial charge on any atom is -0.481 e. The number of ether oxygens (including phenoxy) is 2. The fourth-order valence-corrected chi connectivity index (χ4v) is 6.49. The minimum absolute atomic E-state index is 0.0431. The number of carbonyl (C=O) groups excluding carboxylic acids is 2. The number of alkyl carbamates (subject to hydrolysis) is 1. The molecule has 0 radical (unpaired) electrons. The number of esters is 1. The number of unbranched alkanes of at least 4 members (excludes halogenated alkanes) is 3. The highest BCUT2D eigenvalue weighted by Gasteiger charge is 2.36. The molecule has 0 fully saturated rings. The minimum atomic E-state index is -1.05. The van der Waals surface area contributed by atoms with E-state index in [1.165, 1.54) is 11.8 Å². The zero-order valence-corrected chi connectivity index (χ0v) is 28.2. The zero-order chi connectivity index (χ0) is 34.0. The molecule has 3 rings (SSSR count). The second-order valence-electron chi connectivity index (χ2n) is 12.0. The molecule has 2 aromatic carbocycles. The fourth-order valence-electron chi connectivity index (χ4n) is 5.21. The molecule has 256 valence electrons. The van der Waals surface area contributed by atoms with Crippen molar-refractivity contribution in [2.24, 2.45) is 11.8 Å². The lowest BCUT2D eigenvalue weighted by Crippen LogP contribution is -2.43. The molecule has 10 heteroatoms. The van der Waals surface area contributed by atoms with E-state index in [1.807, 2.05) is 60.7 Å². The van der Waals surface area contributed by atoms with Gasteiger partial charge in [0.05, 0.1) is 18.1 Å². The fraction of sp³-hybridized carbons (Fsp3) is 0.486. The predicted molar refractivity (Wildman–Crippen MR) is 183 cm³/mol. The maximum atomic E-state index is 13.7. The Morgan fingerprint density at radius 1 is 0.979 bits per heavy atom. The van der Waals surface area contributed by atoms with Crippen molar-refractivity contribution in [3.05, 3.63) is 94.6 Å². The first-order valence-electron chi connectivity index (χ1n) is 16.5. The van der Waals surface area contributed by atoms with Crippen molar-refractivity contribution in [3.63, 3.8) is 0 Å². The number of carboxylic acids is 1. The molecule has 0 saturated carbocycles. The summed E-state index contributed by atoms with van der Waals surface area (Å²) in [6.07, 6.45) is 7.11. The van der Waals surface area contributed by atoms with Gasteiger partial charge < -0.3 is 30.1 Å². The van der Waals surface area contributed by atoms with Crippen molar-refractivity contribution < 1.29 is 39.2 Å². The lowest BCUT2D eigenvalue weighted by atomic mass is 10.0. The summed E-state index contributed by atoms with van der Waals surface area (Å²) in [5, 5.41) is 33.4. The van der Waals surface area contributed by atoms with Crippen LogP contribution in [-0.4, -0.2) is 57.4 Å². The van der Waals surface area contributed by atoms with Gasteiger partial charge in [0.15, 0.2) is 0 Å². The first-order valence-corrected chi connectivity index (χ1v) is 17.5. The van der Waals surface area contributed by atoms with Gasteiger partial charge in [0, 0.05) is 23.7 Å². The second kappa shape index (κ2) is 20.6. The van der Waals surface area contributed by atoms with E-state index in [2.05, 4.69) is 12.2 Å². The summed E-state index contributed by atoms with van der Waals surface area (Å²) < 4.78 is 11.3. The third-order valence-corrected chi connectivity index (χ3v) is 9.34. The third-order valence-electron chi connectivity index (χ3n) is 8.04. The molecule has 9 nitrogen and oxygen atoms in total. The molecule has 5 atom stereocenters. The van der Waals surface area contributed by atoms with Crippen LogP contribution in [0.3, 0.4) is 0 Å². The molecule has 0 aliphatic heterocycles. The number of thioether (sulfide) groups is 1. The molecule has 1 aliphatic rings. The number of rotatable bonds is 20. The van der Waals surface area contributed by atoms with E-state index in [4.69, 9.17) is 9.47 Å². The van der Waals surface area contributed by atoms with E-state index in [0.717, 1.165) is 43.2 Å². The quantitative estimate of drug-likeness (QED) is 0.0683. The normalized spacial score (nSPS) is 18.1. The molecule has 1 unspecified atom stereocenters. The molecule has 4 N–H and O–H groups in total. The highest BCUT2D eigenvalue weighted by atomic mass is 32.2. The molecule has 2 aromatic rings. The van der Waals surface area contributed by atoms with Crippen LogP contribution in [0.1, 0.15) is 76.3 Å². The van der Waals surface area contributed by atoms with Gasteiger partial charge in [-0.05, 0) is 36.1 Å². The lowest BCUT2D eigenvalue weighted by molar-refractivity contribution is -0.142. The summed E-state index contributed by atoms with van der Waals surface area (Å²) in [5.41, 5.74) is 1.63. The number of carboxylic acid groups (broad SMARTS) is 1. The van der Waals surface area contributed by atoms with E-state index in [1.54, 1.807) is 19.1 Å². The molecular weight excluding hydrogens is 618 g/mol. The summed E-state index contributed by atoms with van der Waals surface area (Å²) in [4.78, 5) is 38.4. The number of nitrogens with one attached hydrogen (secondary N) is 1. The molecule has 0 spiro atoms. The van der Waals surface area contributed by atoms with Crippen molar-refractivity contribution in [3.8, 4) is 0 Å². The number of hydrogen-bond acceptors (Lipinski definition) is 8. The molecular formula is C37H49NO8S. The van der Waals surface area contributed by atoms with Gasteiger partial charge in [0.1, 0.15) is 18.4 Å². The number of hydrogen-bond donors (Lipinski definition) is 4. The first kappa shape index (κ1) is 37.9. The van der Waals surface area contributed by atoms with Gasteiger partial charge in [0.25, 0.3) is 0 Å². The Balaban J connectivity index is 1.76. The van der Waals surface area contributed by atoms with Crippen LogP contribution in [0.2, 0.25) is 0 Å². The van der Waals surface area contributed by atoms with Crippen LogP contribution < -0.4 is 5.32 Å². The van der Waals surface area contributed by atoms with Crippen LogP contribution in [0.4, 0.5) is 4.79 Å². The lowest BCUT2D eigenvalue weighted by Gasteiger charge is -2.19. The first-order chi connectivity index (χ1) is 22.7. The second-order valence-corrected chi connectivity index (χ2v) is 13.1. The monoisotopic (exact) mass is 667 g/mol. The van der Waals surface area contributed by atoms with Crippen LogP contribution in [0.5, 0.6) is 0 Å². The van der Waals surface area contributed by atoms with E-state index >= 15 is 0 Å². The Bertz CT molecular complexity index is 1320. The van der Waals surface area contributed by atoms with Crippen LogP contribution in [0, 0.1) is 11.8 Å². The van der Waals surface area contributed by atoms with Gasteiger partial charge in [-0.3, -0.25) is 4.79 Å². The van der Waals surface area contributed by atoms with Gasteiger partial charge >= 0.3 is 18.0 Å². The number of carbonyl (C=O) groups is 3. The van der Waals surface area contributed by atoms with Crippen molar-refractivity contribution >= 4 is 29.8 Å². The van der Waals surface area contributed by atoms with Crippen molar-refractivity contribution in [2.75, 3.05) is 5.75 Å². The smallest absolute Gasteiger partial charge is 0.408 e. The van der Waals surface area contributed by atoms with Crippen LogP contribution in [0.15, 0.2) is 83.5 Å². The Morgan fingerprint density at radius 3 is 2.30 bits per heavy atom. The maximum Gasteiger partial charge on any atom is 0.408 e. The van der Waals surface area contributed by atoms with E-state index in [0.29, 0.717) is 29.3 Å². The summed E-state index contributed by atoms with van der Waals surface area (Å²) in [7, 11) is 0. The van der Waals surface area contributed by atoms with Crippen LogP contribution in [-0.2, 0) is 32.1 Å². The Hall–Kier alpha value is -3.60. The number of aliphatic carboxylic acids is 1. The van der Waals surface area contributed by atoms with Gasteiger partial charge in [-0.2, -0.15) is 0 Å². The average molecular weight is 668 g/mol. The molecule has 1 aliphatic carbocycles. The average Bonchev–Trinajstić information content (AvgIpc) is 3.35. The highest BCUT2D eigenvalue weighted by molar-refractivity contribution is 8.03. The Morgan fingerprint density at radius 2 is 1.64 bits per heavy atom. The summed E-state index contributed by atoms with van der Waals surface area (Å²) in [6.45, 7) is 3.83. The van der Waals surface area contributed by atoms with Crippen molar-refractivity contribution in [2.45, 2.75) is 96.5 Å². The van der Waals surface area contributed by atoms with Crippen LogP contribution in [0.25, 0.3) is 0 Å². The highest BCUT2D eigenvalue weighted by Crippen LogP contribution is 2.42. The zero-order valence-electron chi connectivity index (χ0n) is 27.4. The van der Waals surface area contributed by atoms with E-state index in [-0.39, 0.29) is 19.4 Å². The number of amides is 1. The molecule has 0 saturated heterocycles. The van der Waals surface area contributed by atoms with Gasteiger partial charge in [0.2, 0.25) is 0 Å². The molecule has 47 heavy (non-hydrogen) atoms. The number of aliphatic hydroxyl groups excluding tert-OH is 2. The Kier molecular flexibility index (Phi) is 16.6. The molecule has 1 amide bonds. The number of benzene rings is 2. The van der Waals surface area contributed by atoms with Crippen molar-refractivity contribution in [1.29, 1.82) is 0 Å². The molecule has 0 bridgehead atoms. The van der Waals surface area contributed by atoms with E-state index < -0.39 is 48.1 Å². The largest absolute Gasteiger partial charge is 0.481 e. The van der Waals surface area contributed by atoms with Gasteiger partial charge in [-0.15, -0.1) is 11.8 Å². The molecule has 0 heterocycles. The Labute approximate surface area is 282 Å². The summed E-state index contributed by atoms with van der Waals surface area (Å²) in [6, 6.07) is 17.4. The van der Waals surface area contributed by atoms with Crippen LogP contribution >= 0.6 is 11.8 Å². The SMILES string of the molecule is CCCCC[C@H](O)C=C[C@@H]1C(SCCCCC(C)C(=O)O)=C(OC(=O)[C@H](Cc2ccccc2)NC(=O)OCc2ccccc2)C[C@H]1O. The predicted octanol–water partition coefficient (Wildman–Crippen LogP) is 6.78.